The van der Waals surface area contributed by atoms with E-state index in [2.05, 4.69) is 56.8 Å². The fraction of sp³-hybridized carbons (Fsp3) is 0.303. The Kier molecular flexibility index (Phi) is 30.3. The van der Waals surface area contributed by atoms with Gasteiger partial charge in [0.05, 0.1) is 111 Å². The van der Waals surface area contributed by atoms with Gasteiger partial charge in [0, 0.05) is 110 Å². The van der Waals surface area contributed by atoms with Crippen LogP contribution in [0.25, 0.3) is 83.9 Å². The number of nitriles is 3. The minimum absolute atomic E-state index is 0.00155. The number of hydrogen-bond acceptors (Lipinski definition) is 21. The van der Waals surface area contributed by atoms with Gasteiger partial charge in [-0.05, 0) is 151 Å². The zero-order valence-corrected chi connectivity index (χ0v) is 82.9. The average molecular weight is 2050 g/mol. The molecule has 15 rings (SSSR count). The second kappa shape index (κ2) is 40.8. The molecule has 6 N–H and O–H groups in total. The van der Waals surface area contributed by atoms with Crippen LogP contribution in [0.2, 0.25) is 30.1 Å². The zero-order valence-electron chi connectivity index (χ0n) is 78.4. The predicted octanol–water partition coefficient (Wildman–Crippen LogP) is 20.0. The summed E-state index contributed by atoms with van der Waals surface area (Å²) in [6.45, 7) is 39.5. The molecular formula is C99H90Cl6F9N21O6. The molecule has 12 heterocycles. The largest absolute Gasteiger partial charge is 0.397 e. The Labute approximate surface area is 832 Å². The number of piperazine rings is 3. The molecule has 0 radical (unpaired) electrons. The van der Waals surface area contributed by atoms with Gasteiger partial charge in [-0.25, -0.2) is 54.5 Å². The van der Waals surface area contributed by atoms with Gasteiger partial charge < -0.3 is 46.6 Å². The number of nitrogens with two attached hydrogens (primary N) is 3. The van der Waals surface area contributed by atoms with Crippen LogP contribution in [0.3, 0.4) is 0 Å². The molecule has 27 nitrogen and oxygen atoms in total. The van der Waals surface area contributed by atoms with Gasteiger partial charge in [-0.3, -0.25) is 57.4 Å². The van der Waals surface area contributed by atoms with Gasteiger partial charge in [-0.2, -0.15) is 15.8 Å². The molecule has 141 heavy (non-hydrogen) atoms. The van der Waals surface area contributed by atoms with Crippen LogP contribution in [0.1, 0.15) is 151 Å². The zero-order chi connectivity index (χ0) is 104. The van der Waals surface area contributed by atoms with Crippen molar-refractivity contribution in [3.63, 3.8) is 0 Å². The molecule has 0 spiro atoms. The molecule has 732 valence electrons. The number of amides is 3. The number of carbonyl (C=O) groups excluding carboxylic acids is 3. The van der Waals surface area contributed by atoms with E-state index in [0.717, 1.165) is 4.57 Å². The topological polar surface area (TPSA) is 363 Å². The highest BCUT2D eigenvalue weighted by atomic mass is 35.5. The third-order valence-electron chi connectivity index (χ3n) is 24.9. The third-order valence-corrected chi connectivity index (χ3v) is 26.8. The lowest BCUT2D eigenvalue weighted by Crippen LogP contribution is -2.58. The number of pyridine rings is 9. The quantitative estimate of drug-likeness (QED) is 0.0282. The van der Waals surface area contributed by atoms with Crippen LogP contribution in [-0.2, 0) is 14.4 Å². The number of nitrogens with zero attached hydrogens (tertiary/aromatic N) is 18. The van der Waals surface area contributed by atoms with E-state index >= 15 is 17.6 Å². The SMILES string of the molecule is C=CC(=O)N1[C@H](C)CN(c2c(C#N)c(=O)n(-c3c(C)ccnc3C(C)C)c3nc(-c4c(F)c(N)c(F)c(Cl)c4F)c(Cl)cc23)C[C@@H]1C.C=CC(=O)N1[C@H](C)CN(c2c(C#N)c(=O)n(-c3c(C)ccnc3C(C)C)c3nc(-c4c(N)c(Cl)c(F)c(Cl)c4F)c(Cl)cc23)C[C@@H]1C.C=CC(=O)N1[C@H](C)CN(c2c(C#N)c(=O)n(-c3c(C)ccnc3C(C)C)c3nc(-c4c(N)c(F)c(F)c(F)c4F)c(Cl)cc23)C[C@@H]1C. The highest BCUT2D eigenvalue weighted by Crippen LogP contribution is 2.49. The summed E-state index contributed by atoms with van der Waals surface area (Å²) in [4.78, 5) is 119. The molecule has 3 aliphatic heterocycles. The molecule has 3 aliphatic rings. The van der Waals surface area contributed by atoms with Gasteiger partial charge in [0.15, 0.2) is 52.4 Å². The maximum Gasteiger partial charge on any atom is 0.276 e. The summed E-state index contributed by atoms with van der Waals surface area (Å²) in [6, 6.07) is 13.1. The van der Waals surface area contributed by atoms with Gasteiger partial charge in [-0.1, -0.05) is 131 Å². The Morgan fingerprint density at radius 1 is 0.383 bits per heavy atom. The Morgan fingerprint density at radius 3 is 0.936 bits per heavy atom. The summed E-state index contributed by atoms with van der Waals surface area (Å²) in [7, 11) is 0. The Morgan fingerprint density at radius 2 is 0.652 bits per heavy atom. The minimum Gasteiger partial charge on any atom is -0.397 e. The summed E-state index contributed by atoms with van der Waals surface area (Å²) >= 11 is 38.0. The lowest BCUT2D eigenvalue weighted by atomic mass is 10.0. The lowest BCUT2D eigenvalue weighted by molar-refractivity contribution is -0.131. The number of aromatic nitrogens is 9. The van der Waals surface area contributed by atoms with E-state index in [0.29, 0.717) is 45.1 Å². The molecule has 3 aromatic carbocycles. The standard InChI is InChI=1S/C33H30Cl3F2N7O2.C33H30Cl2F3N7O2.C33H30ClF4N7O2/c1-7-21(46)44-16(5)12-43(13-17(44)6)31-18-10-20(34)29(22-25(37)23(35)26(38)24(36)27(22)40)42-32(18)45(33(47)19(31)11-39)30-15(4)8-9-41-28(30)14(2)3;1-7-21(46)44-16(5)12-43(13-17(44)6)31-18-10-20(34)29(22-24(36)23(35)26(38)27(40)25(22)37)42-32(18)45(33(47)19(31)11-39)30-15(4)8-9-41-28(30)14(2)3;1-7-21(46)44-16(5)12-43(13-17(44)6)31-18-10-20(34)29(22-23(35)24(36)25(37)26(38)27(22)40)42-32(18)45(33(47)19(31)11-39)30-15(4)8-9-41-28(30)14(2)3/h3*7-10,14,16-17H,1,12-13,40H2,2-6H3/t3*16-,17+. The number of hydrogen-bond donors (Lipinski definition) is 3. The van der Waals surface area contributed by atoms with Crippen LogP contribution in [0, 0.1) is 107 Å². The van der Waals surface area contributed by atoms with Crippen LogP contribution in [0.15, 0.2) is 107 Å². The summed E-state index contributed by atoms with van der Waals surface area (Å²) < 4.78 is 138. The molecule has 0 saturated carbocycles. The molecule has 12 aromatic rings. The minimum atomic E-state index is -2.12. The summed E-state index contributed by atoms with van der Waals surface area (Å²) in [5.74, 6) is -16.2. The first-order valence-corrected chi connectivity index (χ1v) is 46.1. The van der Waals surface area contributed by atoms with Crippen molar-refractivity contribution in [1.82, 2.24) is 58.3 Å². The Bertz CT molecular complexity index is 6860. The van der Waals surface area contributed by atoms with Crippen molar-refractivity contribution in [2.75, 3.05) is 71.2 Å². The second-order valence-electron chi connectivity index (χ2n) is 35.3. The van der Waals surface area contributed by atoms with Crippen molar-refractivity contribution in [1.29, 1.82) is 15.8 Å². The number of aryl methyl sites for hydroxylation is 3. The first-order chi connectivity index (χ1) is 66.5. The molecule has 3 saturated heterocycles. The van der Waals surface area contributed by atoms with E-state index in [1.165, 1.54) is 45.6 Å². The van der Waals surface area contributed by atoms with Crippen molar-refractivity contribution in [3.8, 4) is 69.0 Å². The monoisotopic (exact) mass is 2050 g/mol. The van der Waals surface area contributed by atoms with Crippen LogP contribution < -0.4 is 48.6 Å². The number of fused-ring (bicyclic) bond motifs is 3. The highest BCUT2D eigenvalue weighted by molar-refractivity contribution is 6.39. The number of anilines is 6. The highest BCUT2D eigenvalue weighted by Gasteiger charge is 2.42. The van der Waals surface area contributed by atoms with Gasteiger partial charge in [-0.15, -0.1) is 0 Å². The molecule has 0 aliphatic carbocycles. The van der Waals surface area contributed by atoms with Crippen molar-refractivity contribution in [2.45, 2.75) is 158 Å². The van der Waals surface area contributed by atoms with E-state index in [1.54, 1.807) is 95.9 Å². The third kappa shape index (κ3) is 18.1. The number of benzene rings is 3. The molecule has 3 fully saturated rings. The van der Waals surface area contributed by atoms with E-state index in [9.17, 15) is 66.5 Å². The van der Waals surface area contributed by atoms with Gasteiger partial charge in [0.1, 0.15) is 72.6 Å². The summed E-state index contributed by atoms with van der Waals surface area (Å²) in [5, 5.41) is 28.7. The van der Waals surface area contributed by atoms with E-state index in [-0.39, 0.29) is 204 Å². The number of carbonyl (C=O) groups is 3. The molecule has 0 bridgehead atoms. The maximum absolute atomic E-state index is 15.6. The first-order valence-electron chi connectivity index (χ1n) is 43.9. The predicted molar refractivity (Wildman–Crippen MR) is 530 cm³/mol. The van der Waals surface area contributed by atoms with Gasteiger partial charge in [0.25, 0.3) is 16.7 Å². The van der Waals surface area contributed by atoms with Crippen LogP contribution in [0.5, 0.6) is 0 Å². The van der Waals surface area contributed by atoms with E-state index in [4.69, 9.17) is 91.8 Å². The fourth-order valence-corrected chi connectivity index (χ4v) is 20.2. The summed E-state index contributed by atoms with van der Waals surface area (Å²) in [6.07, 6.45) is 8.43. The molecule has 6 atom stereocenters. The molecule has 42 heteroatoms. The van der Waals surface area contributed by atoms with Crippen molar-refractivity contribution < 1.29 is 53.9 Å². The first kappa shape index (κ1) is 105. The molecular weight excluding hydrogens is 1960 g/mol. The normalized spacial score (nSPS) is 16.6. The van der Waals surface area contributed by atoms with Crippen LogP contribution >= 0.6 is 69.6 Å². The average Bonchev–Trinajstić information content (AvgIpc) is 0.725. The Hall–Kier alpha value is -13.8. The molecule has 3 amide bonds. The maximum atomic E-state index is 15.6. The second-order valence-corrected chi connectivity index (χ2v) is 37.7. The smallest absolute Gasteiger partial charge is 0.276 e. The van der Waals surface area contributed by atoms with Crippen molar-refractivity contribution >= 4 is 155 Å². The summed E-state index contributed by atoms with van der Waals surface area (Å²) in [5.41, 5.74) is 12.9. The van der Waals surface area contributed by atoms with Gasteiger partial charge in [0.2, 0.25) is 17.7 Å². The van der Waals surface area contributed by atoms with Crippen molar-refractivity contribution in [2.24, 2.45) is 0 Å². The fourth-order valence-electron chi connectivity index (χ4n) is 18.8. The van der Waals surface area contributed by atoms with E-state index < -0.39 is 129 Å². The van der Waals surface area contributed by atoms with Gasteiger partial charge >= 0.3 is 0 Å². The lowest BCUT2D eigenvalue weighted by Gasteiger charge is -2.45. The van der Waals surface area contributed by atoms with Crippen molar-refractivity contribution in [3.05, 3.63) is 257 Å². The number of nitrogen functional groups attached to an aromatic ring is 3. The molecule has 9 aromatic heterocycles. The number of halogens is 15. The Balaban J connectivity index is 0.000000178. The molecule has 0 unspecified atom stereocenters. The van der Waals surface area contributed by atoms with Crippen LogP contribution in [-0.4, -0.2) is 152 Å². The van der Waals surface area contributed by atoms with Crippen LogP contribution in [0.4, 0.5) is 73.6 Å². The van der Waals surface area contributed by atoms with E-state index in [1.807, 2.05) is 80.2 Å². The number of rotatable bonds is 15.